The van der Waals surface area contributed by atoms with Crippen LogP contribution in [0.15, 0.2) is 33.6 Å². The highest BCUT2D eigenvalue weighted by molar-refractivity contribution is 9.10. The lowest BCUT2D eigenvalue weighted by molar-refractivity contribution is 0.537. The molecule has 1 heterocycles. The van der Waals surface area contributed by atoms with E-state index < -0.39 is 0 Å². The van der Waals surface area contributed by atoms with Crippen molar-refractivity contribution >= 4 is 27.3 Å². The first-order valence-corrected chi connectivity index (χ1v) is 7.49. The van der Waals surface area contributed by atoms with Gasteiger partial charge in [-0.05, 0) is 30.7 Å². The zero-order valence-corrected chi connectivity index (χ0v) is 12.4. The molecule has 1 aromatic heterocycles. The average Bonchev–Trinajstić information content (AvgIpc) is 2.85. The Kier molecular flexibility index (Phi) is 4.86. The zero-order chi connectivity index (χ0) is 13.0. The predicted octanol–water partition coefficient (Wildman–Crippen LogP) is 3.94. The van der Waals surface area contributed by atoms with Crippen LogP contribution in [0.2, 0.25) is 0 Å². The van der Waals surface area contributed by atoms with Gasteiger partial charge in [0.25, 0.3) is 0 Å². The summed E-state index contributed by atoms with van der Waals surface area (Å²) in [5, 5.41) is 5.45. The summed E-state index contributed by atoms with van der Waals surface area (Å²) in [5.41, 5.74) is 3.95. The molecule has 0 amide bonds. The fraction of sp³-hybridized carbons (Fsp3) is 0.308. The number of hydrogen-bond donors (Lipinski definition) is 1. The normalized spacial score (nSPS) is 12.6. The van der Waals surface area contributed by atoms with E-state index in [2.05, 4.69) is 33.2 Å². The van der Waals surface area contributed by atoms with Crippen molar-refractivity contribution in [3.05, 3.63) is 50.6 Å². The van der Waals surface area contributed by atoms with Crippen LogP contribution >= 0.6 is 27.3 Å². The summed E-state index contributed by atoms with van der Waals surface area (Å²) in [6.07, 6.45) is 0.790. The Labute approximate surface area is 118 Å². The molecule has 0 aliphatic heterocycles. The van der Waals surface area contributed by atoms with Crippen LogP contribution in [0.5, 0.6) is 0 Å². The molecular weight excluding hydrogens is 315 g/mol. The minimum absolute atomic E-state index is 0.169. The molecule has 1 atom stereocenters. The second-order valence-corrected chi connectivity index (χ2v) is 5.54. The summed E-state index contributed by atoms with van der Waals surface area (Å²) in [5.74, 6) is -0.223. The fourth-order valence-electron chi connectivity index (χ4n) is 1.83. The molecule has 0 saturated heterocycles. The van der Waals surface area contributed by atoms with Gasteiger partial charge in [-0.25, -0.2) is 9.37 Å². The summed E-state index contributed by atoms with van der Waals surface area (Å²) < 4.78 is 13.9. The number of aromatic nitrogens is 1. The van der Waals surface area contributed by atoms with Crippen molar-refractivity contribution in [3.63, 3.8) is 0 Å². The van der Waals surface area contributed by atoms with E-state index in [4.69, 9.17) is 0 Å². The Balaban J connectivity index is 2.18. The van der Waals surface area contributed by atoms with Crippen LogP contribution in [0.3, 0.4) is 0 Å². The molecule has 1 unspecified atom stereocenters. The van der Waals surface area contributed by atoms with Crippen molar-refractivity contribution in [3.8, 4) is 0 Å². The fourth-order valence-corrected chi connectivity index (χ4v) is 2.95. The minimum atomic E-state index is -0.223. The molecule has 1 N–H and O–H groups in total. The number of likely N-dealkylation sites (N-methyl/N-ethyl adjacent to an activating group) is 1. The molecule has 2 aromatic rings. The van der Waals surface area contributed by atoms with E-state index in [9.17, 15) is 4.39 Å². The standard InChI is InChI=1S/C13H14BrFN2S/c1-2-16-12(13-7-18-8-17-13)5-9-3-4-10(15)6-11(9)14/h3-4,6-8,12,16H,2,5H2,1H3. The van der Waals surface area contributed by atoms with Crippen LogP contribution in [0, 0.1) is 5.82 Å². The Bertz CT molecular complexity index is 502. The largest absolute Gasteiger partial charge is 0.309 e. The lowest BCUT2D eigenvalue weighted by Crippen LogP contribution is -2.23. The van der Waals surface area contributed by atoms with Crippen LogP contribution in [0.25, 0.3) is 0 Å². The summed E-state index contributed by atoms with van der Waals surface area (Å²) >= 11 is 4.99. The molecule has 1 aromatic carbocycles. The molecule has 0 aliphatic carbocycles. The van der Waals surface area contributed by atoms with Gasteiger partial charge in [0.15, 0.2) is 0 Å². The molecule has 2 nitrogen and oxygen atoms in total. The number of hydrogen-bond acceptors (Lipinski definition) is 3. The predicted molar refractivity (Wildman–Crippen MR) is 76.3 cm³/mol. The number of nitrogens with one attached hydrogen (secondary N) is 1. The van der Waals surface area contributed by atoms with E-state index in [-0.39, 0.29) is 11.9 Å². The number of benzene rings is 1. The maximum Gasteiger partial charge on any atom is 0.124 e. The van der Waals surface area contributed by atoms with Crippen LogP contribution in [0.4, 0.5) is 4.39 Å². The Morgan fingerprint density at radius 1 is 1.50 bits per heavy atom. The Morgan fingerprint density at radius 3 is 2.94 bits per heavy atom. The van der Waals surface area contributed by atoms with E-state index in [0.29, 0.717) is 0 Å². The molecule has 0 aliphatic rings. The van der Waals surface area contributed by atoms with Crippen LogP contribution in [-0.4, -0.2) is 11.5 Å². The van der Waals surface area contributed by atoms with Gasteiger partial charge >= 0.3 is 0 Å². The lowest BCUT2D eigenvalue weighted by Gasteiger charge is -2.16. The van der Waals surface area contributed by atoms with Gasteiger partial charge < -0.3 is 5.32 Å². The second kappa shape index (κ2) is 6.41. The van der Waals surface area contributed by atoms with Crippen molar-refractivity contribution in [2.75, 3.05) is 6.54 Å². The van der Waals surface area contributed by atoms with Crippen molar-refractivity contribution < 1.29 is 4.39 Å². The molecule has 0 fully saturated rings. The van der Waals surface area contributed by atoms with Crippen molar-refractivity contribution in [2.45, 2.75) is 19.4 Å². The van der Waals surface area contributed by atoms with Gasteiger partial charge in [0.05, 0.1) is 17.2 Å². The topological polar surface area (TPSA) is 24.9 Å². The molecule has 96 valence electrons. The van der Waals surface area contributed by atoms with Crippen LogP contribution in [-0.2, 0) is 6.42 Å². The highest BCUT2D eigenvalue weighted by Gasteiger charge is 2.14. The van der Waals surface area contributed by atoms with Crippen LogP contribution < -0.4 is 5.32 Å². The van der Waals surface area contributed by atoms with Crippen LogP contribution in [0.1, 0.15) is 24.2 Å². The minimum Gasteiger partial charge on any atom is -0.309 e. The summed E-state index contributed by atoms with van der Waals surface area (Å²) in [7, 11) is 0. The Hall–Kier alpha value is -0.780. The van der Waals surface area contributed by atoms with E-state index in [1.807, 2.05) is 17.0 Å². The molecule has 0 radical (unpaired) electrons. The number of rotatable bonds is 5. The van der Waals surface area contributed by atoms with Gasteiger partial charge in [-0.3, -0.25) is 0 Å². The first-order valence-electron chi connectivity index (χ1n) is 5.76. The highest BCUT2D eigenvalue weighted by Crippen LogP contribution is 2.24. The highest BCUT2D eigenvalue weighted by atomic mass is 79.9. The van der Waals surface area contributed by atoms with Gasteiger partial charge in [-0.2, -0.15) is 0 Å². The van der Waals surface area contributed by atoms with E-state index >= 15 is 0 Å². The summed E-state index contributed by atoms with van der Waals surface area (Å²) in [6, 6.07) is 4.97. The van der Waals surface area contributed by atoms with Gasteiger partial charge in [-0.15, -0.1) is 11.3 Å². The van der Waals surface area contributed by atoms with Gasteiger partial charge in [0, 0.05) is 9.85 Å². The van der Waals surface area contributed by atoms with E-state index in [1.54, 1.807) is 11.3 Å². The Morgan fingerprint density at radius 2 is 2.33 bits per heavy atom. The van der Waals surface area contributed by atoms with Crippen molar-refractivity contribution in [1.82, 2.24) is 10.3 Å². The smallest absolute Gasteiger partial charge is 0.124 e. The quantitative estimate of drug-likeness (QED) is 0.899. The number of halogens is 2. The average molecular weight is 329 g/mol. The maximum atomic E-state index is 13.1. The zero-order valence-electron chi connectivity index (χ0n) is 9.99. The molecule has 0 spiro atoms. The first-order chi connectivity index (χ1) is 8.70. The van der Waals surface area contributed by atoms with E-state index in [1.165, 1.54) is 12.1 Å². The third kappa shape index (κ3) is 3.37. The van der Waals surface area contributed by atoms with Gasteiger partial charge in [0.1, 0.15) is 5.82 Å². The number of nitrogens with zero attached hydrogens (tertiary/aromatic N) is 1. The molecule has 0 bridgehead atoms. The monoisotopic (exact) mass is 328 g/mol. The maximum absolute atomic E-state index is 13.1. The molecule has 0 saturated carbocycles. The summed E-state index contributed by atoms with van der Waals surface area (Å²) in [4.78, 5) is 4.35. The molecule has 5 heteroatoms. The summed E-state index contributed by atoms with van der Waals surface area (Å²) in [6.45, 7) is 2.94. The SMILES string of the molecule is CCNC(Cc1ccc(F)cc1Br)c1cscn1. The van der Waals surface area contributed by atoms with E-state index in [0.717, 1.165) is 28.7 Å². The lowest BCUT2D eigenvalue weighted by atomic mass is 10.0. The number of thiazole rings is 1. The van der Waals surface area contributed by atoms with Gasteiger partial charge in [-0.1, -0.05) is 28.9 Å². The third-order valence-corrected chi connectivity index (χ3v) is 4.04. The molecule has 18 heavy (non-hydrogen) atoms. The first kappa shape index (κ1) is 13.6. The van der Waals surface area contributed by atoms with Crippen molar-refractivity contribution in [2.24, 2.45) is 0 Å². The molecular formula is C13H14BrFN2S. The van der Waals surface area contributed by atoms with Gasteiger partial charge in [0.2, 0.25) is 0 Å². The van der Waals surface area contributed by atoms with Crippen molar-refractivity contribution in [1.29, 1.82) is 0 Å². The molecule has 2 rings (SSSR count). The second-order valence-electron chi connectivity index (χ2n) is 3.96. The third-order valence-electron chi connectivity index (χ3n) is 2.70.